The molecule has 0 aliphatic carbocycles. The number of ether oxygens (including phenoxy) is 1. The van der Waals surface area contributed by atoms with E-state index in [1.165, 1.54) is 0 Å². The number of benzene rings is 1. The molecule has 1 aromatic rings. The van der Waals surface area contributed by atoms with Crippen molar-refractivity contribution in [3.05, 3.63) is 29.8 Å². The van der Waals surface area contributed by atoms with Crippen LogP contribution in [0, 0.1) is 0 Å². The van der Waals surface area contributed by atoms with Crippen molar-refractivity contribution in [1.29, 1.82) is 0 Å². The summed E-state index contributed by atoms with van der Waals surface area (Å²) >= 11 is 0. The number of hydrogen-bond donors (Lipinski definition) is 1. The first-order valence-electron chi connectivity index (χ1n) is 4.77. The van der Waals surface area contributed by atoms with Crippen molar-refractivity contribution in [2.45, 2.75) is 0 Å². The number of nitrogens with zero attached hydrogens (tertiary/aromatic N) is 1. The molecule has 0 saturated carbocycles. The SMILES string of the molecule is CN(C)CCOC(=O)c1ccccc1N.O. The van der Waals surface area contributed by atoms with Crippen LogP contribution in [-0.4, -0.2) is 43.6 Å². The van der Waals surface area contributed by atoms with Crippen molar-refractivity contribution < 1.29 is 15.0 Å². The molecule has 5 heteroatoms. The second kappa shape index (κ2) is 6.81. The maximum atomic E-state index is 11.5. The molecule has 0 aliphatic heterocycles. The Bertz CT molecular complexity index is 340. The molecule has 0 spiro atoms. The third kappa shape index (κ3) is 4.29. The number of para-hydroxylation sites is 1. The number of esters is 1. The summed E-state index contributed by atoms with van der Waals surface area (Å²) in [6.07, 6.45) is 0. The van der Waals surface area contributed by atoms with Crippen molar-refractivity contribution in [3.63, 3.8) is 0 Å². The zero-order chi connectivity index (χ0) is 11.3. The number of rotatable bonds is 4. The smallest absolute Gasteiger partial charge is 0.340 e. The van der Waals surface area contributed by atoms with Gasteiger partial charge in [-0.05, 0) is 26.2 Å². The van der Waals surface area contributed by atoms with E-state index >= 15 is 0 Å². The fourth-order valence-electron chi connectivity index (χ4n) is 1.08. The Hall–Kier alpha value is -1.59. The van der Waals surface area contributed by atoms with Crippen molar-refractivity contribution in [3.8, 4) is 0 Å². The summed E-state index contributed by atoms with van der Waals surface area (Å²) in [4.78, 5) is 13.5. The van der Waals surface area contributed by atoms with E-state index in [1.807, 2.05) is 19.0 Å². The molecule has 0 atom stereocenters. The zero-order valence-corrected chi connectivity index (χ0v) is 9.56. The van der Waals surface area contributed by atoms with Crippen molar-refractivity contribution in [2.24, 2.45) is 0 Å². The lowest BCUT2D eigenvalue weighted by Crippen LogP contribution is -2.20. The lowest BCUT2D eigenvalue weighted by Gasteiger charge is -2.10. The van der Waals surface area contributed by atoms with Crippen LogP contribution in [0.4, 0.5) is 5.69 Å². The monoisotopic (exact) mass is 226 g/mol. The lowest BCUT2D eigenvalue weighted by molar-refractivity contribution is 0.0483. The van der Waals surface area contributed by atoms with E-state index in [0.717, 1.165) is 0 Å². The van der Waals surface area contributed by atoms with E-state index in [4.69, 9.17) is 10.5 Å². The number of hydrogen-bond acceptors (Lipinski definition) is 4. The van der Waals surface area contributed by atoms with Gasteiger partial charge in [-0.15, -0.1) is 0 Å². The van der Waals surface area contributed by atoms with E-state index in [1.54, 1.807) is 24.3 Å². The lowest BCUT2D eigenvalue weighted by atomic mass is 10.2. The highest BCUT2D eigenvalue weighted by molar-refractivity contribution is 5.94. The molecule has 5 nitrogen and oxygen atoms in total. The predicted octanol–water partition coefficient (Wildman–Crippen LogP) is 0.162. The number of likely N-dealkylation sites (N-methyl/N-ethyl adjacent to an activating group) is 1. The first-order chi connectivity index (χ1) is 7.11. The van der Waals surface area contributed by atoms with Crippen molar-refractivity contribution in [1.82, 2.24) is 4.90 Å². The summed E-state index contributed by atoms with van der Waals surface area (Å²) in [7, 11) is 3.84. The number of nitrogen functional groups attached to an aromatic ring is 1. The van der Waals surface area contributed by atoms with Gasteiger partial charge < -0.3 is 20.8 Å². The third-order valence-electron chi connectivity index (χ3n) is 1.95. The van der Waals surface area contributed by atoms with Gasteiger partial charge in [0.05, 0.1) is 5.56 Å². The molecule has 16 heavy (non-hydrogen) atoms. The second-order valence-corrected chi connectivity index (χ2v) is 3.53. The van der Waals surface area contributed by atoms with Crippen LogP contribution < -0.4 is 5.73 Å². The van der Waals surface area contributed by atoms with Crippen LogP contribution in [0.25, 0.3) is 0 Å². The molecule has 1 aromatic carbocycles. The molecule has 1 rings (SSSR count). The average Bonchev–Trinajstić information content (AvgIpc) is 2.17. The van der Waals surface area contributed by atoms with Crippen LogP contribution in [-0.2, 0) is 4.74 Å². The largest absolute Gasteiger partial charge is 0.461 e. The predicted molar refractivity (Wildman–Crippen MR) is 63.3 cm³/mol. The molecule has 0 radical (unpaired) electrons. The second-order valence-electron chi connectivity index (χ2n) is 3.53. The van der Waals surface area contributed by atoms with E-state index in [9.17, 15) is 4.79 Å². The third-order valence-corrected chi connectivity index (χ3v) is 1.95. The highest BCUT2D eigenvalue weighted by Crippen LogP contribution is 2.11. The molecule has 0 amide bonds. The molecule has 0 heterocycles. The van der Waals surface area contributed by atoms with Gasteiger partial charge >= 0.3 is 5.97 Å². The first kappa shape index (κ1) is 14.4. The molecule has 0 unspecified atom stereocenters. The highest BCUT2D eigenvalue weighted by atomic mass is 16.5. The molecule has 0 aliphatic rings. The van der Waals surface area contributed by atoms with Crippen LogP contribution in [0.1, 0.15) is 10.4 Å². The fourth-order valence-corrected chi connectivity index (χ4v) is 1.08. The minimum Gasteiger partial charge on any atom is -0.461 e. The molecule has 0 aromatic heterocycles. The quantitative estimate of drug-likeness (QED) is 0.585. The van der Waals surface area contributed by atoms with Gasteiger partial charge in [0.25, 0.3) is 0 Å². The summed E-state index contributed by atoms with van der Waals surface area (Å²) in [5, 5.41) is 0. The summed E-state index contributed by atoms with van der Waals surface area (Å²) < 4.78 is 5.06. The van der Waals surface area contributed by atoms with Gasteiger partial charge in [0.2, 0.25) is 0 Å². The van der Waals surface area contributed by atoms with Gasteiger partial charge in [0.1, 0.15) is 6.61 Å². The van der Waals surface area contributed by atoms with Crippen molar-refractivity contribution in [2.75, 3.05) is 33.0 Å². The van der Waals surface area contributed by atoms with Crippen LogP contribution >= 0.6 is 0 Å². The standard InChI is InChI=1S/C11H16N2O2.H2O/c1-13(2)7-8-15-11(14)9-5-3-4-6-10(9)12;/h3-6H,7-8,12H2,1-2H3;1H2. The van der Waals surface area contributed by atoms with Crippen LogP contribution in [0.2, 0.25) is 0 Å². The van der Waals surface area contributed by atoms with Gasteiger partial charge in [-0.1, -0.05) is 12.1 Å². The summed E-state index contributed by atoms with van der Waals surface area (Å²) in [6, 6.07) is 6.89. The number of nitrogens with two attached hydrogens (primary N) is 1. The number of carbonyl (C=O) groups excluding carboxylic acids is 1. The Labute approximate surface area is 95.1 Å². The molecule has 4 N–H and O–H groups in total. The topological polar surface area (TPSA) is 87.1 Å². The van der Waals surface area contributed by atoms with Crippen LogP contribution in [0.5, 0.6) is 0 Å². The van der Waals surface area contributed by atoms with Gasteiger partial charge in [-0.3, -0.25) is 0 Å². The van der Waals surface area contributed by atoms with Crippen LogP contribution in [0.3, 0.4) is 0 Å². The summed E-state index contributed by atoms with van der Waals surface area (Å²) in [6.45, 7) is 1.08. The normalized spacial score (nSPS) is 9.69. The Balaban J connectivity index is 0.00000225. The molecule has 0 fully saturated rings. The molecule has 0 saturated heterocycles. The highest BCUT2D eigenvalue weighted by Gasteiger charge is 2.09. The first-order valence-corrected chi connectivity index (χ1v) is 4.77. The van der Waals surface area contributed by atoms with Crippen molar-refractivity contribution >= 4 is 11.7 Å². The van der Waals surface area contributed by atoms with Crippen LogP contribution in [0.15, 0.2) is 24.3 Å². The average molecular weight is 226 g/mol. The molecule has 0 bridgehead atoms. The van der Waals surface area contributed by atoms with E-state index in [0.29, 0.717) is 24.4 Å². The maximum absolute atomic E-state index is 11.5. The van der Waals surface area contributed by atoms with E-state index < -0.39 is 0 Å². The van der Waals surface area contributed by atoms with Gasteiger partial charge in [-0.2, -0.15) is 0 Å². The van der Waals surface area contributed by atoms with Gasteiger partial charge in [-0.25, -0.2) is 4.79 Å². The minimum absolute atomic E-state index is 0. The minimum atomic E-state index is -0.366. The molecular formula is C11H18N2O3. The summed E-state index contributed by atoms with van der Waals surface area (Å²) in [5.74, 6) is -0.366. The Kier molecular flexibility index (Phi) is 6.14. The molecule has 90 valence electrons. The zero-order valence-electron chi connectivity index (χ0n) is 9.56. The van der Waals surface area contributed by atoms with E-state index in [-0.39, 0.29) is 11.4 Å². The Morgan fingerprint density at radius 2 is 2.00 bits per heavy atom. The number of anilines is 1. The van der Waals surface area contributed by atoms with Gasteiger partial charge in [0.15, 0.2) is 0 Å². The number of carbonyl (C=O) groups is 1. The van der Waals surface area contributed by atoms with Gasteiger partial charge in [0, 0.05) is 12.2 Å². The van der Waals surface area contributed by atoms with E-state index in [2.05, 4.69) is 0 Å². The maximum Gasteiger partial charge on any atom is 0.340 e. The fraction of sp³-hybridized carbons (Fsp3) is 0.364. The molecular weight excluding hydrogens is 208 g/mol. The summed E-state index contributed by atoms with van der Waals surface area (Å²) in [5.41, 5.74) is 6.52. The Morgan fingerprint density at radius 3 is 2.56 bits per heavy atom. The Morgan fingerprint density at radius 1 is 1.38 bits per heavy atom.